The van der Waals surface area contributed by atoms with Gasteiger partial charge in [0.2, 0.25) is 0 Å². The predicted octanol–water partition coefficient (Wildman–Crippen LogP) is 3.09. The molecule has 0 aromatic heterocycles. The molecule has 0 spiro atoms. The largest absolute Gasteiger partial charge is 0.465 e. The van der Waals surface area contributed by atoms with Gasteiger partial charge in [0.25, 0.3) is 11.8 Å². The van der Waals surface area contributed by atoms with Crippen molar-refractivity contribution in [2.24, 2.45) is 0 Å². The summed E-state index contributed by atoms with van der Waals surface area (Å²) >= 11 is 5.04. The average molecular weight is 433 g/mol. The Morgan fingerprint density at radius 2 is 1.35 bits per heavy atom. The number of hydrazine groups is 1. The summed E-state index contributed by atoms with van der Waals surface area (Å²) in [4.78, 5) is 36.2. The highest BCUT2D eigenvalue weighted by Crippen LogP contribution is 2.19. The summed E-state index contributed by atoms with van der Waals surface area (Å²) in [6.45, 7) is 0. The first kappa shape index (κ1) is 21.7. The van der Waals surface area contributed by atoms with E-state index in [0.29, 0.717) is 5.56 Å². The minimum Gasteiger partial charge on any atom is -0.465 e. The van der Waals surface area contributed by atoms with Crippen molar-refractivity contribution >= 4 is 35.1 Å². The minimum absolute atomic E-state index is 0.0947. The second kappa shape index (κ2) is 10.1. The standard InChI is InChI=1S/C23H19N3O4S/c1-30-22(29)19-9-5-8-18(14-19)20(27)24-23(31)26-25-21(28)17-12-10-16(11-13-17)15-6-3-2-4-7-15/h2-14H,1H3,(H,25,28)(H2,24,26,27,31). The number of amides is 2. The fourth-order valence-electron chi connectivity index (χ4n) is 2.74. The molecule has 3 aromatic rings. The second-order valence-electron chi connectivity index (χ2n) is 6.38. The number of esters is 1. The van der Waals surface area contributed by atoms with Crippen LogP contribution < -0.4 is 16.2 Å². The molecule has 3 aromatic carbocycles. The Kier molecular flexibility index (Phi) is 7.08. The first-order valence-electron chi connectivity index (χ1n) is 9.23. The van der Waals surface area contributed by atoms with Gasteiger partial charge in [0.05, 0.1) is 12.7 Å². The van der Waals surface area contributed by atoms with Crippen molar-refractivity contribution in [3.05, 3.63) is 95.6 Å². The summed E-state index contributed by atoms with van der Waals surface area (Å²) in [7, 11) is 1.26. The zero-order chi connectivity index (χ0) is 22.2. The molecule has 2 amide bonds. The predicted molar refractivity (Wildman–Crippen MR) is 120 cm³/mol. The zero-order valence-electron chi connectivity index (χ0n) is 16.5. The topological polar surface area (TPSA) is 96.5 Å². The van der Waals surface area contributed by atoms with E-state index in [9.17, 15) is 14.4 Å². The second-order valence-corrected chi connectivity index (χ2v) is 6.79. The van der Waals surface area contributed by atoms with Crippen LogP contribution >= 0.6 is 12.2 Å². The third-order valence-electron chi connectivity index (χ3n) is 4.32. The van der Waals surface area contributed by atoms with Crippen LogP contribution in [0, 0.1) is 0 Å². The molecule has 156 valence electrons. The highest BCUT2D eigenvalue weighted by molar-refractivity contribution is 7.80. The Hall–Kier alpha value is -4.04. The van der Waals surface area contributed by atoms with E-state index in [2.05, 4.69) is 20.9 Å². The SMILES string of the molecule is COC(=O)c1cccc(C(=O)NC(=S)NNC(=O)c2ccc(-c3ccccc3)cc2)c1. The van der Waals surface area contributed by atoms with Crippen molar-refractivity contribution in [3.63, 3.8) is 0 Å². The van der Waals surface area contributed by atoms with Gasteiger partial charge in [-0.3, -0.25) is 25.8 Å². The van der Waals surface area contributed by atoms with Crippen molar-refractivity contribution in [1.82, 2.24) is 16.2 Å². The molecule has 3 rings (SSSR count). The summed E-state index contributed by atoms with van der Waals surface area (Å²) < 4.78 is 4.64. The minimum atomic E-state index is -0.555. The highest BCUT2D eigenvalue weighted by Gasteiger charge is 2.12. The Labute approximate surface area is 184 Å². The molecule has 7 nitrogen and oxygen atoms in total. The van der Waals surface area contributed by atoms with Gasteiger partial charge in [-0.05, 0) is 53.7 Å². The number of hydrogen-bond donors (Lipinski definition) is 3. The van der Waals surface area contributed by atoms with Gasteiger partial charge in [-0.2, -0.15) is 0 Å². The van der Waals surface area contributed by atoms with Crippen LogP contribution in [0.25, 0.3) is 11.1 Å². The summed E-state index contributed by atoms with van der Waals surface area (Å²) in [6.07, 6.45) is 0. The van der Waals surface area contributed by atoms with Crippen molar-refractivity contribution in [2.75, 3.05) is 7.11 Å². The lowest BCUT2D eigenvalue weighted by Crippen LogP contribution is -2.48. The zero-order valence-corrected chi connectivity index (χ0v) is 17.4. The summed E-state index contributed by atoms with van der Waals surface area (Å²) in [6, 6.07) is 22.9. The van der Waals surface area contributed by atoms with Crippen LogP contribution in [-0.2, 0) is 4.74 Å². The molecule has 3 N–H and O–H groups in total. The van der Waals surface area contributed by atoms with Gasteiger partial charge in [0.1, 0.15) is 0 Å². The molecule has 0 unspecified atom stereocenters. The van der Waals surface area contributed by atoms with Gasteiger partial charge in [0.15, 0.2) is 5.11 Å². The van der Waals surface area contributed by atoms with Crippen LogP contribution in [0.5, 0.6) is 0 Å². The first-order chi connectivity index (χ1) is 15.0. The van der Waals surface area contributed by atoms with Crippen molar-refractivity contribution < 1.29 is 19.1 Å². The van der Waals surface area contributed by atoms with E-state index in [4.69, 9.17) is 12.2 Å². The molecular weight excluding hydrogens is 414 g/mol. The third-order valence-corrected chi connectivity index (χ3v) is 4.52. The van der Waals surface area contributed by atoms with Crippen LogP contribution in [0.1, 0.15) is 31.1 Å². The Morgan fingerprint density at radius 3 is 2.03 bits per heavy atom. The van der Waals surface area contributed by atoms with Gasteiger partial charge < -0.3 is 4.74 Å². The Balaban J connectivity index is 1.54. The number of benzene rings is 3. The molecule has 0 saturated heterocycles. The lowest BCUT2D eigenvalue weighted by Gasteiger charge is -2.11. The molecule has 0 heterocycles. The molecule has 0 atom stereocenters. The Bertz CT molecular complexity index is 1120. The first-order valence-corrected chi connectivity index (χ1v) is 9.64. The monoisotopic (exact) mass is 433 g/mol. The molecule has 0 bridgehead atoms. The lowest BCUT2D eigenvalue weighted by molar-refractivity contribution is 0.0600. The maximum atomic E-state index is 12.3. The average Bonchev–Trinajstić information content (AvgIpc) is 2.82. The van der Waals surface area contributed by atoms with Crippen LogP contribution in [0.2, 0.25) is 0 Å². The van der Waals surface area contributed by atoms with E-state index < -0.39 is 17.8 Å². The number of nitrogens with one attached hydrogen (secondary N) is 3. The van der Waals surface area contributed by atoms with E-state index in [0.717, 1.165) is 11.1 Å². The number of thiocarbonyl (C=S) groups is 1. The van der Waals surface area contributed by atoms with E-state index >= 15 is 0 Å². The molecule has 8 heteroatoms. The normalized spacial score (nSPS) is 9.97. The van der Waals surface area contributed by atoms with Gasteiger partial charge in [-0.25, -0.2) is 4.79 Å². The molecule has 0 fully saturated rings. The van der Waals surface area contributed by atoms with Gasteiger partial charge in [-0.1, -0.05) is 48.5 Å². The van der Waals surface area contributed by atoms with Gasteiger partial charge in [0, 0.05) is 11.1 Å². The van der Waals surface area contributed by atoms with Crippen LogP contribution in [0.15, 0.2) is 78.9 Å². The van der Waals surface area contributed by atoms with E-state index in [1.54, 1.807) is 18.2 Å². The number of carbonyl (C=O) groups excluding carboxylic acids is 3. The molecule has 0 saturated carbocycles. The van der Waals surface area contributed by atoms with Gasteiger partial charge in [-0.15, -0.1) is 0 Å². The van der Waals surface area contributed by atoms with Crippen molar-refractivity contribution in [2.45, 2.75) is 0 Å². The van der Waals surface area contributed by atoms with E-state index in [-0.39, 0.29) is 16.2 Å². The van der Waals surface area contributed by atoms with Crippen molar-refractivity contribution in [3.8, 4) is 11.1 Å². The number of ether oxygens (including phenoxy) is 1. The van der Waals surface area contributed by atoms with Crippen molar-refractivity contribution in [1.29, 1.82) is 0 Å². The van der Waals surface area contributed by atoms with E-state index in [1.165, 1.54) is 25.3 Å². The molecule has 0 aliphatic rings. The fourth-order valence-corrected chi connectivity index (χ4v) is 2.89. The van der Waals surface area contributed by atoms with Crippen LogP contribution in [0.3, 0.4) is 0 Å². The number of rotatable bonds is 4. The number of methoxy groups -OCH3 is 1. The third kappa shape index (κ3) is 5.74. The fraction of sp³-hybridized carbons (Fsp3) is 0.0435. The Morgan fingerprint density at radius 1 is 0.710 bits per heavy atom. The number of hydrogen-bond acceptors (Lipinski definition) is 5. The van der Waals surface area contributed by atoms with Crippen LogP contribution in [0.4, 0.5) is 0 Å². The quantitative estimate of drug-likeness (QED) is 0.332. The maximum Gasteiger partial charge on any atom is 0.337 e. The highest BCUT2D eigenvalue weighted by atomic mass is 32.1. The van der Waals surface area contributed by atoms with Crippen LogP contribution in [-0.4, -0.2) is 30.0 Å². The summed E-state index contributed by atoms with van der Waals surface area (Å²) in [5.41, 5.74) is 7.83. The molecule has 0 radical (unpaired) electrons. The molecule has 0 aliphatic heterocycles. The summed E-state index contributed by atoms with van der Waals surface area (Å²) in [5, 5.41) is 2.34. The maximum absolute atomic E-state index is 12.3. The molecule has 31 heavy (non-hydrogen) atoms. The molecular formula is C23H19N3O4S. The molecule has 0 aliphatic carbocycles. The smallest absolute Gasteiger partial charge is 0.337 e. The lowest BCUT2D eigenvalue weighted by atomic mass is 10.0. The van der Waals surface area contributed by atoms with E-state index in [1.807, 2.05) is 42.5 Å². The number of carbonyl (C=O) groups is 3. The van der Waals surface area contributed by atoms with Gasteiger partial charge >= 0.3 is 5.97 Å². The summed E-state index contributed by atoms with van der Waals surface area (Å²) in [5.74, 6) is -1.51.